The molecule has 0 saturated heterocycles. The average molecular weight is 491 g/mol. The highest BCUT2D eigenvalue weighted by atomic mass is 127. The molecule has 0 spiro atoms. The van der Waals surface area contributed by atoms with Crippen LogP contribution in [0.3, 0.4) is 0 Å². The molecule has 7 nitrogen and oxygen atoms in total. The van der Waals surface area contributed by atoms with E-state index in [0.717, 1.165) is 56.6 Å². The summed E-state index contributed by atoms with van der Waals surface area (Å²) < 4.78 is 2.31. The van der Waals surface area contributed by atoms with Crippen LogP contribution in [0.25, 0.3) is 0 Å². The van der Waals surface area contributed by atoms with Gasteiger partial charge in [-0.2, -0.15) is 0 Å². The third kappa shape index (κ3) is 7.56. The summed E-state index contributed by atoms with van der Waals surface area (Å²) in [6, 6.07) is 1.10. The molecule has 0 saturated carbocycles. The Morgan fingerprint density at radius 3 is 2.44 bits per heavy atom. The second-order valence-electron chi connectivity index (χ2n) is 7.60. The Hall–Kier alpha value is -0.900. The average Bonchev–Trinajstić information content (AvgIpc) is 2.83. The van der Waals surface area contributed by atoms with Gasteiger partial charge in [0.25, 0.3) is 0 Å². The van der Waals surface area contributed by atoms with Crippen LogP contribution in [0.1, 0.15) is 58.6 Å². The largest absolute Gasteiger partial charge is 0.356 e. The van der Waals surface area contributed by atoms with Crippen LogP contribution in [0.2, 0.25) is 0 Å². The fourth-order valence-electron chi connectivity index (χ4n) is 3.66. The topological polar surface area (TPSA) is 70.4 Å². The van der Waals surface area contributed by atoms with E-state index >= 15 is 0 Å². The first-order valence-electron chi connectivity index (χ1n) is 10.1. The fourth-order valence-corrected chi connectivity index (χ4v) is 3.66. The summed E-state index contributed by atoms with van der Waals surface area (Å²) in [5, 5.41) is 15.6. The van der Waals surface area contributed by atoms with Crippen molar-refractivity contribution in [3.63, 3.8) is 0 Å². The lowest BCUT2D eigenvalue weighted by Gasteiger charge is -2.30. The molecule has 1 aliphatic rings. The van der Waals surface area contributed by atoms with Crippen molar-refractivity contribution >= 4 is 29.9 Å². The number of hydrogen-bond acceptors (Lipinski definition) is 4. The van der Waals surface area contributed by atoms with E-state index in [4.69, 9.17) is 0 Å². The van der Waals surface area contributed by atoms with Crippen LogP contribution in [-0.4, -0.2) is 64.4 Å². The quantitative estimate of drug-likeness (QED) is 0.332. The van der Waals surface area contributed by atoms with Gasteiger partial charge in [-0.05, 0) is 40.5 Å². The summed E-state index contributed by atoms with van der Waals surface area (Å²) in [5.41, 5.74) is 0. The van der Waals surface area contributed by atoms with E-state index in [-0.39, 0.29) is 24.0 Å². The van der Waals surface area contributed by atoms with Gasteiger partial charge in [-0.25, -0.2) is 0 Å². The van der Waals surface area contributed by atoms with Crippen LogP contribution in [0.4, 0.5) is 0 Å². The summed E-state index contributed by atoms with van der Waals surface area (Å²) in [6.07, 6.45) is 5.69. The lowest BCUT2D eigenvalue weighted by molar-refractivity contribution is 0.178. The number of aromatic nitrogens is 3. The van der Waals surface area contributed by atoms with E-state index in [9.17, 15) is 0 Å². The van der Waals surface area contributed by atoms with Gasteiger partial charge in [-0.3, -0.25) is 9.89 Å². The number of halogens is 1. The minimum absolute atomic E-state index is 0. The smallest absolute Gasteiger partial charge is 0.191 e. The molecule has 0 unspecified atom stereocenters. The van der Waals surface area contributed by atoms with Gasteiger partial charge in [0.2, 0.25) is 0 Å². The van der Waals surface area contributed by atoms with Gasteiger partial charge >= 0.3 is 0 Å². The molecule has 0 fully saturated rings. The van der Waals surface area contributed by atoms with Gasteiger partial charge in [-0.15, -0.1) is 34.2 Å². The number of guanidine groups is 1. The highest BCUT2D eigenvalue weighted by molar-refractivity contribution is 14.0. The highest BCUT2D eigenvalue weighted by Crippen LogP contribution is 2.14. The SMILES string of the molecule is CN=C(NCCc1nnc2n1CCCCC2)NCCN(C(C)C)C(C)C.I. The number of aryl methyl sites for hydroxylation is 1. The van der Waals surface area contributed by atoms with Gasteiger partial charge in [-0.1, -0.05) is 6.42 Å². The number of nitrogens with zero attached hydrogens (tertiary/aromatic N) is 5. The first kappa shape index (κ1) is 24.1. The zero-order valence-electron chi connectivity index (χ0n) is 17.7. The standard InChI is InChI=1S/C19H37N7.HI/c1-15(2)25(16(3)4)14-12-22-19(20-5)21-11-10-18-24-23-17-9-7-6-8-13-26(17)18;/h15-16H,6-14H2,1-5H3,(H2,20,21,22);1H. The van der Waals surface area contributed by atoms with Crippen LogP contribution in [0.15, 0.2) is 4.99 Å². The Balaban J connectivity index is 0.00000364. The molecule has 0 aromatic carbocycles. The van der Waals surface area contributed by atoms with Crippen LogP contribution >= 0.6 is 24.0 Å². The minimum Gasteiger partial charge on any atom is -0.356 e. The van der Waals surface area contributed by atoms with Gasteiger partial charge in [0.1, 0.15) is 11.6 Å². The summed E-state index contributed by atoms with van der Waals surface area (Å²) in [5.74, 6) is 3.10. The van der Waals surface area contributed by atoms with Crippen molar-refractivity contribution in [2.24, 2.45) is 4.99 Å². The van der Waals surface area contributed by atoms with Crippen LogP contribution in [0, 0.1) is 0 Å². The van der Waals surface area contributed by atoms with E-state index in [1.807, 2.05) is 7.05 Å². The molecule has 2 rings (SSSR count). The normalized spacial score (nSPS) is 14.9. The van der Waals surface area contributed by atoms with Gasteiger partial charge in [0, 0.05) is 58.2 Å². The molecular formula is C19H38IN7. The monoisotopic (exact) mass is 491 g/mol. The van der Waals surface area contributed by atoms with Crippen molar-refractivity contribution < 1.29 is 0 Å². The zero-order chi connectivity index (χ0) is 18.9. The van der Waals surface area contributed by atoms with Crippen LogP contribution in [-0.2, 0) is 19.4 Å². The first-order valence-corrected chi connectivity index (χ1v) is 10.1. The Morgan fingerprint density at radius 1 is 1.07 bits per heavy atom. The maximum Gasteiger partial charge on any atom is 0.191 e. The number of aliphatic imine (C=N–C) groups is 1. The number of nitrogens with one attached hydrogen (secondary N) is 2. The molecule has 0 bridgehead atoms. The van der Waals surface area contributed by atoms with E-state index < -0.39 is 0 Å². The van der Waals surface area contributed by atoms with Gasteiger partial charge < -0.3 is 15.2 Å². The minimum atomic E-state index is 0. The Morgan fingerprint density at radius 2 is 1.78 bits per heavy atom. The summed E-state index contributed by atoms with van der Waals surface area (Å²) in [7, 11) is 1.82. The van der Waals surface area contributed by atoms with Crippen molar-refractivity contribution in [3.05, 3.63) is 11.6 Å². The van der Waals surface area contributed by atoms with Crippen molar-refractivity contribution in [3.8, 4) is 0 Å². The molecule has 1 aliphatic heterocycles. The maximum atomic E-state index is 4.39. The predicted octanol–water partition coefficient (Wildman–Crippen LogP) is 2.45. The van der Waals surface area contributed by atoms with Gasteiger partial charge in [0.15, 0.2) is 5.96 Å². The molecule has 27 heavy (non-hydrogen) atoms. The molecule has 2 heterocycles. The third-order valence-corrected chi connectivity index (χ3v) is 5.04. The fraction of sp³-hybridized carbons (Fsp3) is 0.842. The molecule has 8 heteroatoms. The van der Waals surface area contributed by atoms with Crippen molar-refractivity contribution in [1.29, 1.82) is 0 Å². The number of fused-ring (bicyclic) bond motifs is 1. The summed E-state index contributed by atoms with van der Waals surface area (Å²) in [4.78, 5) is 6.81. The van der Waals surface area contributed by atoms with Crippen molar-refractivity contribution in [2.45, 2.75) is 78.4 Å². The van der Waals surface area contributed by atoms with E-state index in [1.165, 1.54) is 19.3 Å². The number of rotatable bonds is 8. The van der Waals surface area contributed by atoms with Crippen molar-refractivity contribution in [1.82, 2.24) is 30.3 Å². The lowest BCUT2D eigenvalue weighted by Crippen LogP contribution is -2.45. The van der Waals surface area contributed by atoms with Gasteiger partial charge in [0.05, 0.1) is 0 Å². The van der Waals surface area contributed by atoms with E-state index in [0.29, 0.717) is 12.1 Å². The highest BCUT2D eigenvalue weighted by Gasteiger charge is 2.15. The Bertz CT molecular complexity index is 560. The molecule has 156 valence electrons. The molecule has 0 radical (unpaired) electrons. The predicted molar refractivity (Wildman–Crippen MR) is 123 cm³/mol. The summed E-state index contributed by atoms with van der Waals surface area (Å²) in [6.45, 7) is 12.7. The van der Waals surface area contributed by atoms with Crippen LogP contribution in [0.5, 0.6) is 0 Å². The number of hydrogen-bond donors (Lipinski definition) is 2. The van der Waals surface area contributed by atoms with E-state index in [1.54, 1.807) is 0 Å². The molecule has 1 aromatic heterocycles. The molecular weight excluding hydrogens is 453 g/mol. The van der Waals surface area contributed by atoms with Crippen LogP contribution < -0.4 is 10.6 Å². The first-order chi connectivity index (χ1) is 12.5. The second kappa shape index (κ2) is 12.5. The molecule has 0 atom stereocenters. The summed E-state index contributed by atoms with van der Waals surface area (Å²) >= 11 is 0. The molecule has 0 aliphatic carbocycles. The molecule has 1 aromatic rings. The third-order valence-electron chi connectivity index (χ3n) is 5.04. The lowest BCUT2D eigenvalue weighted by atomic mass is 10.2. The Kier molecular flexibility index (Phi) is 11.2. The van der Waals surface area contributed by atoms with Crippen molar-refractivity contribution in [2.75, 3.05) is 26.7 Å². The zero-order valence-corrected chi connectivity index (χ0v) is 20.0. The second-order valence-corrected chi connectivity index (χ2v) is 7.60. The maximum absolute atomic E-state index is 4.39. The Labute approximate surface area is 181 Å². The van der Waals surface area contributed by atoms with E-state index in [2.05, 4.69) is 63.0 Å². The molecule has 0 amide bonds. The molecule has 2 N–H and O–H groups in total.